The summed E-state index contributed by atoms with van der Waals surface area (Å²) < 4.78 is 27.0. The van der Waals surface area contributed by atoms with Crippen LogP contribution >= 0.6 is 11.3 Å². The molecule has 0 bridgehead atoms. The molecule has 1 aromatic carbocycles. The van der Waals surface area contributed by atoms with Crippen LogP contribution in [0.1, 0.15) is 18.4 Å². The molecule has 1 saturated heterocycles. The molecule has 0 saturated carbocycles. The van der Waals surface area contributed by atoms with Gasteiger partial charge < -0.3 is 0 Å². The number of carbonyl (C=O) groups excluding carboxylic acids is 2. The summed E-state index contributed by atoms with van der Waals surface area (Å²) in [6, 6.07) is 9.84. The Hall–Kier alpha value is -2.19. The van der Waals surface area contributed by atoms with Crippen LogP contribution in [-0.4, -0.2) is 25.1 Å². The van der Waals surface area contributed by atoms with E-state index in [-0.39, 0.29) is 35.4 Å². The number of likely N-dealkylation sites (tertiary alicyclic amines) is 1. The molecule has 0 unspecified atom stereocenters. The largest absolute Gasteiger partial charge is 0.279 e. The van der Waals surface area contributed by atoms with Gasteiger partial charge in [-0.15, -0.1) is 11.3 Å². The highest BCUT2D eigenvalue weighted by Crippen LogP contribution is 2.21. The number of hydrogen-bond acceptors (Lipinski definition) is 5. The summed E-state index contributed by atoms with van der Waals surface area (Å²) in [6.45, 7) is 0.218. The summed E-state index contributed by atoms with van der Waals surface area (Å²) in [7, 11) is -3.57. The molecule has 23 heavy (non-hydrogen) atoms. The van der Waals surface area contributed by atoms with E-state index >= 15 is 0 Å². The minimum absolute atomic E-state index is 0.169. The Morgan fingerprint density at radius 3 is 2.26 bits per heavy atom. The van der Waals surface area contributed by atoms with Crippen molar-refractivity contribution in [2.45, 2.75) is 23.6 Å². The first-order valence-corrected chi connectivity index (χ1v) is 9.30. The monoisotopic (exact) mass is 350 g/mol. The van der Waals surface area contributed by atoms with Gasteiger partial charge in [-0.25, -0.2) is 8.42 Å². The van der Waals surface area contributed by atoms with Crippen molar-refractivity contribution in [1.29, 1.82) is 0 Å². The molecular formula is C15H14N2O4S2. The number of nitrogens with zero attached hydrogens (tertiary/aromatic N) is 1. The van der Waals surface area contributed by atoms with E-state index in [0.717, 1.165) is 16.9 Å². The Labute approximate surface area is 137 Å². The molecule has 2 aromatic rings. The van der Waals surface area contributed by atoms with Gasteiger partial charge in [-0.05, 0) is 29.1 Å². The van der Waals surface area contributed by atoms with Gasteiger partial charge in [-0.2, -0.15) is 0 Å². The van der Waals surface area contributed by atoms with Crippen LogP contribution in [0.25, 0.3) is 0 Å². The number of amides is 2. The second kappa shape index (κ2) is 6.13. The van der Waals surface area contributed by atoms with E-state index in [2.05, 4.69) is 4.72 Å². The van der Waals surface area contributed by atoms with E-state index in [9.17, 15) is 18.0 Å². The van der Waals surface area contributed by atoms with Gasteiger partial charge in [0.1, 0.15) is 4.21 Å². The number of carbonyl (C=O) groups is 2. The summed E-state index contributed by atoms with van der Waals surface area (Å²) in [4.78, 5) is 24.4. The fourth-order valence-corrected chi connectivity index (χ4v) is 4.33. The molecule has 0 atom stereocenters. The lowest BCUT2D eigenvalue weighted by Crippen LogP contribution is -2.28. The number of rotatable bonds is 5. The zero-order chi connectivity index (χ0) is 16.4. The van der Waals surface area contributed by atoms with E-state index in [1.165, 1.54) is 11.0 Å². The molecule has 0 radical (unpaired) electrons. The van der Waals surface area contributed by atoms with Crippen molar-refractivity contribution in [1.82, 2.24) is 4.90 Å². The third-order valence-corrected chi connectivity index (χ3v) is 6.24. The van der Waals surface area contributed by atoms with Gasteiger partial charge in [-0.3, -0.25) is 19.2 Å². The fraction of sp³-hybridized carbons (Fsp3) is 0.200. The third kappa shape index (κ3) is 3.43. The lowest BCUT2D eigenvalue weighted by Gasteiger charge is -2.14. The Morgan fingerprint density at radius 1 is 1.04 bits per heavy atom. The van der Waals surface area contributed by atoms with Gasteiger partial charge in [0.05, 0.1) is 6.54 Å². The Balaban J connectivity index is 1.70. The van der Waals surface area contributed by atoms with Crippen molar-refractivity contribution in [2.75, 3.05) is 4.72 Å². The molecule has 1 aromatic heterocycles. The Kier molecular flexibility index (Phi) is 4.18. The van der Waals surface area contributed by atoms with Crippen LogP contribution in [0.15, 0.2) is 46.0 Å². The van der Waals surface area contributed by atoms with Gasteiger partial charge in [0.15, 0.2) is 0 Å². The highest BCUT2D eigenvalue weighted by Gasteiger charge is 2.28. The van der Waals surface area contributed by atoms with E-state index in [0.29, 0.717) is 5.69 Å². The number of imide groups is 1. The van der Waals surface area contributed by atoms with Crippen LogP contribution in [0.3, 0.4) is 0 Å². The molecular weight excluding hydrogens is 336 g/mol. The summed E-state index contributed by atoms with van der Waals surface area (Å²) in [5.41, 5.74) is 1.20. The summed E-state index contributed by atoms with van der Waals surface area (Å²) in [6.07, 6.45) is 0.523. The van der Waals surface area contributed by atoms with Gasteiger partial charge in [0, 0.05) is 18.5 Å². The number of benzene rings is 1. The standard InChI is InChI=1S/C15H14N2O4S2/c18-13-7-8-14(19)17(13)10-11-3-5-12(6-4-11)16-23(20,21)15-2-1-9-22-15/h1-6,9,16H,7-8,10H2. The van der Waals surface area contributed by atoms with E-state index < -0.39 is 10.0 Å². The zero-order valence-corrected chi connectivity index (χ0v) is 13.7. The molecule has 1 fully saturated rings. The highest BCUT2D eigenvalue weighted by atomic mass is 32.2. The van der Waals surface area contributed by atoms with Gasteiger partial charge in [0.2, 0.25) is 11.8 Å². The predicted octanol–water partition coefficient (Wildman–Crippen LogP) is 2.20. The van der Waals surface area contributed by atoms with Crippen LogP contribution < -0.4 is 4.72 Å². The first kappa shape index (κ1) is 15.7. The second-order valence-electron chi connectivity index (χ2n) is 5.11. The van der Waals surface area contributed by atoms with Crippen LogP contribution in [0.5, 0.6) is 0 Å². The SMILES string of the molecule is O=C1CCC(=O)N1Cc1ccc(NS(=O)(=O)c2cccs2)cc1. The molecule has 1 N–H and O–H groups in total. The third-order valence-electron chi connectivity index (χ3n) is 3.46. The van der Waals surface area contributed by atoms with Crippen molar-refractivity contribution < 1.29 is 18.0 Å². The molecule has 2 amide bonds. The first-order valence-electron chi connectivity index (χ1n) is 6.94. The van der Waals surface area contributed by atoms with Crippen LogP contribution in [0.4, 0.5) is 5.69 Å². The topological polar surface area (TPSA) is 83.6 Å². The Morgan fingerprint density at radius 2 is 1.70 bits per heavy atom. The average molecular weight is 350 g/mol. The number of anilines is 1. The molecule has 8 heteroatoms. The van der Waals surface area contributed by atoms with E-state index in [1.807, 2.05) is 0 Å². The van der Waals surface area contributed by atoms with E-state index in [4.69, 9.17) is 0 Å². The molecule has 2 heterocycles. The maximum absolute atomic E-state index is 12.1. The Bertz CT molecular complexity index is 811. The molecule has 1 aliphatic rings. The zero-order valence-electron chi connectivity index (χ0n) is 12.1. The second-order valence-corrected chi connectivity index (χ2v) is 7.97. The van der Waals surface area contributed by atoms with Crippen molar-refractivity contribution in [2.24, 2.45) is 0 Å². The average Bonchev–Trinajstić information content (AvgIpc) is 3.15. The molecule has 0 aliphatic carbocycles. The molecule has 6 nitrogen and oxygen atoms in total. The van der Waals surface area contributed by atoms with Crippen LogP contribution in [0, 0.1) is 0 Å². The van der Waals surface area contributed by atoms with Crippen LogP contribution in [0.2, 0.25) is 0 Å². The van der Waals surface area contributed by atoms with Gasteiger partial charge in [0.25, 0.3) is 10.0 Å². The normalized spacial score (nSPS) is 15.2. The van der Waals surface area contributed by atoms with Gasteiger partial charge >= 0.3 is 0 Å². The van der Waals surface area contributed by atoms with Crippen molar-refractivity contribution in [3.8, 4) is 0 Å². The minimum Gasteiger partial charge on any atom is -0.279 e. The molecule has 3 rings (SSSR count). The van der Waals surface area contributed by atoms with Crippen LogP contribution in [-0.2, 0) is 26.2 Å². The summed E-state index contributed by atoms with van der Waals surface area (Å²) in [5.74, 6) is -0.338. The molecule has 120 valence electrons. The number of hydrogen-bond donors (Lipinski definition) is 1. The summed E-state index contributed by atoms with van der Waals surface area (Å²) in [5, 5.41) is 1.70. The fourth-order valence-electron chi connectivity index (χ4n) is 2.28. The predicted molar refractivity (Wildman–Crippen MR) is 86.4 cm³/mol. The quantitative estimate of drug-likeness (QED) is 0.838. The lowest BCUT2D eigenvalue weighted by atomic mass is 10.2. The minimum atomic E-state index is -3.57. The van der Waals surface area contributed by atoms with Gasteiger partial charge in [-0.1, -0.05) is 18.2 Å². The van der Waals surface area contributed by atoms with Crippen molar-refractivity contribution in [3.63, 3.8) is 0 Å². The molecule has 0 spiro atoms. The smallest absolute Gasteiger partial charge is 0.271 e. The van der Waals surface area contributed by atoms with E-state index in [1.54, 1.807) is 35.7 Å². The van der Waals surface area contributed by atoms with Crippen molar-refractivity contribution in [3.05, 3.63) is 47.3 Å². The number of nitrogens with one attached hydrogen (secondary N) is 1. The maximum atomic E-state index is 12.1. The van der Waals surface area contributed by atoms with Crippen molar-refractivity contribution >= 4 is 38.9 Å². The maximum Gasteiger partial charge on any atom is 0.271 e. The lowest BCUT2D eigenvalue weighted by molar-refractivity contribution is -0.139. The summed E-state index contributed by atoms with van der Waals surface area (Å²) >= 11 is 1.14. The number of thiophene rings is 1. The first-order chi connectivity index (χ1) is 11.0. The highest BCUT2D eigenvalue weighted by molar-refractivity contribution is 7.94. The molecule has 1 aliphatic heterocycles. The number of sulfonamides is 1.